The molecule has 0 aromatic carbocycles. The van der Waals surface area contributed by atoms with Gasteiger partial charge < -0.3 is 9.80 Å². The molecule has 2 aliphatic heterocycles. The number of hydrogen-bond donors (Lipinski definition) is 2. The van der Waals surface area contributed by atoms with Gasteiger partial charge in [0, 0.05) is 49.8 Å². The molecular weight excluding hydrogens is 439 g/mol. The van der Waals surface area contributed by atoms with E-state index in [2.05, 4.69) is 23.7 Å². The minimum absolute atomic E-state index is 0.00296. The fourth-order valence-corrected chi connectivity index (χ4v) is 4.55. The minimum atomic E-state index is -3.85. The molecule has 0 saturated carbocycles. The molecule has 3 heterocycles. The Morgan fingerprint density at radius 1 is 1.41 bits per heavy atom. The molecule has 1 unspecified atom stereocenters. The molecule has 2 amide bonds. The fourth-order valence-electron chi connectivity index (χ4n) is 3.70. The van der Waals surface area contributed by atoms with E-state index in [-0.39, 0.29) is 32.1 Å². The number of hydroxylamine groups is 1. The summed E-state index contributed by atoms with van der Waals surface area (Å²) >= 11 is 0. The molecule has 3 rings (SSSR count). The Kier molecular flexibility index (Phi) is 6.38. The SMILES string of the molecule is CN1CC[C@](F)(C#CC#Cc2cc3n(c2)C(=O)N(CCC(C)(C(=O)NO)S(C)(=O)=O)C3)C1. The Hall–Kier alpha value is -2.86. The predicted molar refractivity (Wildman–Crippen MR) is 114 cm³/mol. The average Bonchev–Trinajstić information content (AvgIpc) is 3.36. The number of alkyl halides is 1. The number of rotatable bonds is 5. The molecule has 1 saturated heterocycles. The van der Waals surface area contributed by atoms with Gasteiger partial charge in [-0.15, -0.1) is 0 Å². The Bertz CT molecular complexity index is 1170. The first-order valence-corrected chi connectivity index (χ1v) is 11.8. The first-order chi connectivity index (χ1) is 14.9. The van der Waals surface area contributed by atoms with Crippen molar-refractivity contribution in [1.82, 2.24) is 19.8 Å². The van der Waals surface area contributed by atoms with Crippen LogP contribution >= 0.6 is 0 Å². The molecular formula is C21H25FN4O5S. The molecule has 2 N–H and O–H groups in total. The lowest BCUT2D eigenvalue weighted by Gasteiger charge is -2.27. The highest BCUT2D eigenvalue weighted by Crippen LogP contribution is 2.26. The van der Waals surface area contributed by atoms with E-state index < -0.39 is 26.2 Å². The molecule has 1 fully saturated rings. The second kappa shape index (κ2) is 8.58. The molecule has 0 radical (unpaired) electrons. The lowest BCUT2D eigenvalue weighted by Crippen LogP contribution is -2.50. The summed E-state index contributed by atoms with van der Waals surface area (Å²) < 4.78 is 38.0. The number of fused-ring (bicyclic) bond motifs is 1. The van der Waals surface area contributed by atoms with Crippen LogP contribution in [0, 0.1) is 23.7 Å². The standard InChI is InChI=1S/C21H25FN4O5S/c1-20(18(27)23-29,32(3,30)31)8-11-25-14-17-12-16(13-26(17)19(25)28)6-4-5-7-21(22)9-10-24(2)15-21/h12-13,29H,8-11,14-15H2,1-3H3,(H,23,27)/t20?,21-/m1/s1. The van der Waals surface area contributed by atoms with E-state index >= 15 is 0 Å². The second-order valence-corrected chi connectivity index (χ2v) is 10.9. The number of sulfone groups is 1. The monoisotopic (exact) mass is 464 g/mol. The molecule has 0 spiro atoms. The molecule has 9 nitrogen and oxygen atoms in total. The van der Waals surface area contributed by atoms with Crippen LogP contribution in [0.4, 0.5) is 9.18 Å². The molecule has 1 aromatic rings. The Morgan fingerprint density at radius 2 is 2.12 bits per heavy atom. The van der Waals surface area contributed by atoms with E-state index in [0.29, 0.717) is 24.2 Å². The lowest BCUT2D eigenvalue weighted by molar-refractivity contribution is -0.131. The van der Waals surface area contributed by atoms with Crippen molar-refractivity contribution in [2.24, 2.45) is 0 Å². The quantitative estimate of drug-likeness (QED) is 0.370. The number of halogens is 1. The summed E-state index contributed by atoms with van der Waals surface area (Å²) in [5.74, 6) is 9.50. The number of amides is 2. The minimum Gasteiger partial charge on any atom is -0.318 e. The third kappa shape index (κ3) is 4.65. The summed E-state index contributed by atoms with van der Waals surface area (Å²) in [6.45, 7) is 2.32. The van der Waals surface area contributed by atoms with Crippen LogP contribution in [0.15, 0.2) is 12.3 Å². The van der Waals surface area contributed by atoms with E-state index in [0.717, 1.165) is 6.26 Å². The van der Waals surface area contributed by atoms with Crippen LogP contribution in [-0.2, 0) is 21.2 Å². The van der Waals surface area contributed by atoms with Crippen molar-refractivity contribution < 1.29 is 27.6 Å². The van der Waals surface area contributed by atoms with Gasteiger partial charge in [-0.05, 0) is 44.2 Å². The highest BCUT2D eigenvalue weighted by molar-refractivity contribution is 7.92. The number of aromatic nitrogens is 1. The van der Waals surface area contributed by atoms with Gasteiger partial charge in [-0.2, -0.15) is 0 Å². The van der Waals surface area contributed by atoms with Gasteiger partial charge in [0.1, 0.15) is 0 Å². The highest BCUT2D eigenvalue weighted by Gasteiger charge is 2.44. The molecule has 0 aliphatic carbocycles. The fraction of sp³-hybridized carbons (Fsp3) is 0.524. The number of carbonyl (C=O) groups excluding carboxylic acids is 2. The number of likely N-dealkylation sites (tertiary alicyclic amines) is 1. The average molecular weight is 465 g/mol. The maximum absolute atomic E-state index is 14.4. The second-order valence-electron chi connectivity index (χ2n) is 8.44. The lowest BCUT2D eigenvalue weighted by atomic mass is 10.1. The predicted octanol–water partition coefficient (Wildman–Crippen LogP) is 0.369. The zero-order valence-corrected chi connectivity index (χ0v) is 18.9. The maximum atomic E-state index is 14.4. The molecule has 0 bridgehead atoms. The number of nitrogens with one attached hydrogen (secondary N) is 1. The summed E-state index contributed by atoms with van der Waals surface area (Å²) in [6.07, 6.45) is 2.61. The third-order valence-corrected chi connectivity index (χ3v) is 7.98. The van der Waals surface area contributed by atoms with Crippen LogP contribution in [0.1, 0.15) is 31.0 Å². The normalized spacial score (nSPS) is 22.4. The van der Waals surface area contributed by atoms with Crippen LogP contribution in [0.5, 0.6) is 0 Å². The summed E-state index contributed by atoms with van der Waals surface area (Å²) in [5.41, 5.74) is 1.05. The highest BCUT2D eigenvalue weighted by atomic mass is 32.2. The van der Waals surface area contributed by atoms with Crippen molar-refractivity contribution in [2.75, 3.05) is 32.9 Å². The summed E-state index contributed by atoms with van der Waals surface area (Å²) in [6, 6.07) is 1.33. The molecule has 32 heavy (non-hydrogen) atoms. The summed E-state index contributed by atoms with van der Waals surface area (Å²) in [5, 5.41) is 8.90. The van der Waals surface area contributed by atoms with Crippen molar-refractivity contribution in [3.63, 3.8) is 0 Å². The smallest absolute Gasteiger partial charge is 0.318 e. The van der Waals surface area contributed by atoms with Gasteiger partial charge in [-0.1, -0.05) is 5.92 Å². The van der Waals surface area contributed by atoms with Crippen molar-refractivity contribution in [1.29, 1.82) is 0 Å². The topological polar surface area (TPSA) is 112 Å². The molecule has 172 valence electrons. The van der Waals surface area contributed by atoms with Gasteiger partial charge in [-0.3, -0.25) is 14.6 Å². The van der Waals surface area contributed by atoms with Gasteiger partial charge in [-0.25, -0.2) is 23.1 Å². The first-order valence-electron chi connectivity index (χ1n) is 9.94. The first kappa shape index (κ1) is 23.8. The van der Waals surface area contributed by atoms with Gasteiger partial charge in [0.05, 0.1) is 6.54 Å². The zero-order valence-electron chi connectivity index (χ0n) is 18.1. The molecule has 2 atom stereocenters. The maximum Gasteiger partial charge on any atom is 0.328 e. The van der Waals surface area contributed by atoms with E-state index in [1.165, 1.54) is 28.1 Å². The van der Waals surface area contributed by atoms with Crippen LogP contribution in [0.3, 0.4) is 0 Å². The number of hydrogen-bond acceptors (Lipinski definition) is 6. The summed E-state index contributed by atoms with van der Waals surface area (Å²) in [7, 11) is -2.02. The number of carbonyl (C=O) groups is 2. The Morgan fingerprint density at radius 3 is 2.69 bits per heavy atom. The van der Waals surface area contributed by atoms with Crippen molar-refractivity contribution in [3.05, 3.63) is 23.5 Å². The van der Waals surface area contributed by atoms with Crippen LogP contribution in [0.25, 0.3) is 0 Å². The van der Waals surface area contributed by atoms with E-state index in [9.17, 15) is 22.4 Å². The van der Waals surface area contributed by atoms with Gasteiger partial charge in [0.25, 0.3) is 5.91 Å². The van der Waals surface area contributed by atoms with E-state index in [4.69, 9.17) is 5.21 Å². The summed E-state index contributed by atoms with van der Waals surface area (Å²) in [4.78, 5) is 27.9. The van der Waals surface area contributed by atoms with Gasteiger partial charge in [0.15, 0.2) is 20.3 Å². The van der Waals surface area contributed by atoms with Crippen LogP contribution in [0.2, 0.25) is 0 Å². The third-order valence-electron chi connectivity index (χ3n) is 5.95. The van der Waals surface area contributed by atoms with Crippen molar-refractivity contribution in [2.45, 2.75) is 36.7 Å². The van der Waals surface area contributed by atoms with Crippen molar-refractivity contribution in [3.8, 4) is 23.7 Å². The van der Waals surface area contributed by atoms with Crippen LogP contribution in [-0.4, -0.2) is 83.3 Å². The molecule has 11 heteroatoms. The zero-order chi connectivity index (χ0) is 23.7. The Labute approximate surface area is 186 Å². The van der Waals surface area contributed by atoms with Gasteiger partial charge >= 0.3 is 6.03 Å². The largest absolute Gasteiger partial charge is 0.328 e. The van der Waals surface area contributed by atoms with Crippen LogP contribution < -0.4 is 5.48 Å². The number of nitrogens with zero attached hydrogens (tertiary/aromatic N) is 3. The Balaban J connectivity index is 1.65. The van der Waals surface area contributed by atoms with Crippen molar-refractivity contribution >= 4 is 21.8 Å². The van der Waals surface area contributed by atoms with Gasteiger partial charge in [0.2, 0.25) is 0 Å². The molecule has 1 aromatic heterocycles. The molecule has 2 aliphatic rings. The van der Waals surface area contributed by atoms with E-state index in [1.54, 1.807) is 6.07 Å². The van der Waals surface area contributed by atoms with E-state index in [1.807, 2.05) is 11.9 Å².